The summed E-state index contributed by atoms with van der Waals surface area (Å²) in [6, 6.07) is 9.46. The molecule has 0 spiro atoms. The van der Waals surface area contributed by atoms with Crippen LogP contribution in [0.2, 0.25) is 0 Å². The van der Waals surface area contributed by atoms with Crippen molar-refractivity contribution in [2.24, 2.45) is 0 Å². The number of benzene rings is 2. The SMILES string of the molecule is Cc1cc(I)ccc1NC(=O)CCN1C(=O)c2cccc([N+](=O)[O-])c2C1=O. The minimum Gasteiger partial charge on any atom is -0.326 e. The fraction of sp³-hybridized carbons (Fsp3) is 0.167. The van der Waals surface area contributed by atoms with Gasteiger partial charge in [-0.15, -0.1) is 0 Å². The van der Waals surface area contributed by atoms with Crippen molar-refractivity contribution in [2.75, 3.05) is 11.9 Å². The number of hydrogen-bond acceptors (Lipinski definition) is 5. The molecule has 27 heavy (non-hydrogen) atoms. The van der Waals surface area contributed by atoms with Crippen molar-refractivity contribution in [3.8, 4) is 0 Å². The Morgan fingerprint density at radius 1 is 1.22 bits per heavy atom. The molecule has 1 heterocycles. The van der Waals surface area contributed by atoms with Crippen molar-refractivity contribution in [1.82, 2.24) is 4.90 Å². The largest absolute Gasteiger partial charge is 0.326 e. The molecule has 0 aromatic heterocycles. The Morgan fingerprint density at radius 3 is 2.63 bits per heavy atom. The van der Waals surface area contributed by atoms with Crippen LogP contribution in [0, 0.1) is 20.6 Å². The molecule has 0 radical (unpaired) electrons. The Labute approximate surface area is 167 Å². The lowest BCUT2D eigenvalue weighted by atomic mass is 10.1. The van der Waals surface area contributed by atoms with E-state index in [4.69, 9.17) is 0 Å². The van der Waals surface area contributed by atoms with E-state index >= 15 is 0 Å². The van der Waals surface area contributed by atoms with E-state index in [9.17, 15) is 24.5 Å². The molecular weight excluding hydrogens is 465 g/mol. The van der Waals surface area contributed by atoms with Gasteiger partial charge in [-0.2, -0.15) is 0 Å². The van der Waals surface area contributed by atoms with Gasteiger partial charge in [-0.05, 0) is 59.3 Å². The predicted octanol–water partition coefficient (Wildman–Crippen LogP) is 3.13. The number of anilines is 1. The summed E-state index contributed by atoms with van der Waals surface area (Å²) in [4.78, 5) is 48.3. The molecule has 1 aliphatic heterocycles. The zero-order valence-corrected chi connectivity index (χ0v) is 16.3. The molecule has 2 aromatic carbocycles. The summed E-state index contributed by atoms with van der Waals surface area (Å²) in [6.45, 7) is 1.71. The van der Waals surface area contributed by atoms with E-state index in [0.29, 0.717) is 5.69 Å². The Bertz CT molecular complexity index is 989. The van der Waals surface area contributed by atoms with Gasteiger partial charge in [0.2, 0.25) is 5.91 Å². The van der Waals surface area contributed by atoms with Crippen LogP contribution in [0.4, 0.5) is 11.4 Å². The number of nitro groups is 1. The average Bonchev–Trinajstić information content (AvgIpc) is 2.86. The first kappa shape index (κ1) is 19.0. The lowest BCUT2D eigenvalue weighted by Crippen LogP contribution is -2.33. The lowest BCUT2D eigenvalue weighted by Gasteiger charge is -2.14. The first-order chi connectivity index (χ1) is 12.8. The van der Waals surface area contributed by atoms with Crippen LogP contribution in [0.1, 0.15) is 32.7 Å². The molecule has 1 N–H and O–H groups in total. The minimum atomic E-state index is -0.749. The van der Waals surface area contributed by atoms with Crippen LogP contribution in [0.3, 0.4) is 0 Å². The number of amides is 3. The molecule has 3 rings (SSSR count). The van der Waals surface area contributed by atoms with E-state index < -0.39 is 22.4 Å². The number of imide groups is 1. The van der Waals surface area contributed by atoms with Crippen LogP contribution in [0.15, 0.2) is 36.4 Å². The topological polar surface area (TPSA) is 110 Å². The summed E-state index contributed by atoms with van der Waals surface area (Å²) < 4.78 is 1.04. The van der Waals surface area contributed by atoms with E-state index in [1.807, 2.05) is 19.1 Å². The summed E-state index contributed by atoms with van der Waals surface area (Å²) in [5, 5.41) is 13.8. The monoisotopic (exact) mass is 479 g/mol. The van der Waals surface area contributed by atoms with Crippen molar-refractivity contribution in [3.63, 3.8) is 0 Å². The fourth-order valence-electron chi connectivity index (χ4n) is 2.86. The number of carbonyl (C=O) groups excluding carboxylic acids is 3. The van der Waals surface area contributed by atoms with Crippen LogP contribution in [0.25, 0.3) is 0 Å². The molecule has 0 bridgehead atoms. The molecule has 0 saturated carbocycles. The Hall–Kier alpha value is -2.82. The lowest BCUT2D eigenvalue weighted by molar-refractivity contribution is -0.385. The van der Waals surface area contributed by atoms with Crippen LogP contribution in [-0.2, 0) is 4.79 Å². The Morgan fingerprint density at radius 2 is 1.96 bits per heavy atom. The molecule has 1 aliphatic rings. The standard InChI is InChI=1S/C18H14IN3O5/c1-10-9-11(19)5-6-13(10)20-15(23)7-8-21-17(24)12-3-2-4-14(22(26)27)16(12)18(21)25/h2-6,9H,7-8H2,1H3,(H,20,23). The maximum absolute atomic E-state index is 12.5. The highest BCUT2D eigenvalue weighted by Gasteiger charge is 2.40. The number of nitro benzene ring substituents is 1. The number of fused-ring (bicyclic) bond motifs is 1. The predicted molar refractivity (Wildman–Crippen MR) is 106 cm³/mol. The third kappa shape index (κ3) is 3.68. The highest BCUT2D eigenvalue weighted by atomic mass is 127. The molecule has 0 atom stereocenters. The number of nitrogens with zero attached hydrogens (tertiary/aromatic N) is 2. The Balaban J connectivity index is 1.71. The molecular formula is C18H14IN3O5. The number of halogens is 1. The summed E-state index contributed by atoms with van der Waals surface area (Å²) >= 11 is 2.17. The summed E-state index contributed by atoms with van der Waals surface area (Å²) in [5.74, 6) is -1.73. The van der Waals surface area contributed by atoms with Gasteiger partial charge in [-0.1, -0.05) is 6.07 Å². The molecule has 0 aliphatic carbocycles. The smallest absolute Gasteiger partial charge is 0.282 e. The van der Waals surface area contributed by atoms with Crippen LogP contribution < -0.4 is 5.32 Å². The number of hydrogen-bond donors (Lipinski definition) is 1. The van der Waals surface area contributed by atoms with E-state index in [1.54, 1.807) is 6.07 Å². The molecule has 0 saturated heterocycles. The van der Waals surface area contributed by atoms with Gasteiger partial charge in [0.1, 0.15) is 5.56 Å². The fourth-order valence-corrected chi connectivity index (χ4v) is 3.51. The molecule has 3 amide bonds. The summed E-state index contributed by atoms with van der Waals surface area (Å²) in [6.07, 6.45) is -0.106. The highest BCUT2D eigenvalue weighted by molar-refractivity contribution is 14.1. The first-order valence-electron chi connectivity index (χ1n) is 7.99. The normalized spacial score (nSPS) is 12.9. The van der Waals surface area contributed by atoms with Gasteiger partial charge in [0, 0.05) is 28.3 Å². The van der Waals surface area contributed by atoms with Gasteiger partial charge in [0.05, 0.1) is 10.5 Å². The Kier molecular flexibility index (Phi) is 5.22. The summed E-state index contributed by atoms with van der Waals surface area (Å²) in [7, 11) is 0. The van der Waals surface area contributed by atoms with Crippen molar-refractivity contribution in [3.05, 3.63) is 66.8 Å². The molecule has 8 nitrogen and oxygen atoms in total. The van der Waals surface area contributed by atoms with E-state index in [1.165, 1.54) is 18.2 Å². The van der Waals surface area contributed by atoms with Gasteiger partial charge in [0.15, 0.2) is 0 Å². The van der Waals surface area contributed by atoms with Crippen molar-refractivity contribution < 1.29 is 19.3 Å². The first-order valence-corrected chi connectivity index (χ1v) is 9.07. The second kappa shape index (κ2) is 7.43. The van der Waals surface area contributed by atoms with Gasteiger partial charge in [-0.25, -0.2) is 0 Å². The molecule has 2 aromatic rings. The zero-order chi connectivity index (χ0) is 19.7. The van der Waals surface area contributed by atoms with Gasteiger partial charge in [-0.3, -0.25) is 29.4 Å². The second-order valence-electron chi connectivity index (χ2n) is 5.98. The molecule has 9 heteroatoms. The second-order valence-corrected chi connectivity index (χ2v) is 7.22. The minimum absolute atomic E-state index is 0.0110. The van der Waals surface area contributed by atoms with Crippen molar-refractivity contribution in [1.29, 1.82) is 0 Å². The third-order valence-corrected chi connectivity index (χ3v) is 4.87. The third-order valence-electron chi connectivity index (χ3n) is 4.20. The molecule has 0 unspecified atom stereocenters. The maximum Gasteiger partial charge on any atom is 0.282 e. The van der Waals surface area contributed by atoms with E-state index in [2.05, 4.69) is 27.9 Å². The number of rotatable bonds is 5. The van der Waals surface area contributed by atoms with Gasteiger partial charge in [0.25, 0.3) is 17.5 Å². The van der Waals surface area contributed by atoms with Gasteiger partial charge >= 0.3 is 0 Å². The van der Waals surface area contributed by atoms with Crippen LogP contribution >= 0.6 is 22.6 Å². The average molecular weight is 479 g/mol. The quantitative estimate of drug-likeness (QED) is 0.307. The van der Waals surface area contributed by atoms with E-state index in [-0.39, 0.29) is 30.0 Å². The number of carbonyl (C=O) groups is 3. The van der Waals surface area contributed by atoms with Crippen molar-refractivity contribution in [2.45, 2.75) is 13.3 Å². The highest BCUT2D eigenvalue weighted by Crippen LogP contribution is 2.30. The molecule has 138 valence electrons. The van der Waals surface area contributed by atoms with Crippen LogP contribution in [0.5, 0.6) is 0 Å². The van der Waals surface area contributed by atoms with E-state index in [0.717, 1.165) is 14.0 Å². The van der Waals surface area contributed by atoms with Crippen molar-refractivity contribution >= 4 is 51.7 Å². The maximum atomic E-state index is 12.5. The zero-order valence-electron chi connectivity index (χ0n) is 14.2. The summed E-state index contributed by atoms with van der Waals surface area (Å²) in [5.41, 5.74) is 0.904. The number of aryl methyl sites for hydroxylation is 1. The number of nitrogens with one attached hydrogen (secondary N) is 1. The van der Waals surface area contributed by atoms with Crippen LogP contribution in [-0.4, -0.2) is 34.1 Å². The van der Waals surface area contributed by atoms with Gasteiger partial charge < -0.3 is 5.32 Å². The molecule has 0 fully saturated rings.